The highest BCUT2D eigenvalue weighted by Gasteiger charge is 1.90. The van der Waals surface area contributed by atoms with Gasteiger partial charge in [-0.15, -0.1) is 23.2 Å². The maximum absolute atomic E-state index is 5.55. The van der Waals surface area contributed by atoms with E-state index in [1.54, 1.807) is 0 Å². The Kier molecular flexibility index (Phi) is 13.1. The maximum atomic E-state index is 5.55. The number of hydrogen-bond donors (Lipinski definition) is 0. The molecule has 0 aliphatic heterocycles. The quantitative estimate of drug-likeness (QED) is 0.407. The van der Waals surface area contributed by atoms with Gasteiger partial charge in [-0.05, 0) is 38.5 Å². The summed E-state index contributed by atoms with van der Waals surface area (Å²) in [5, 5.41) is 0. The molecule has 3 heteroatoms. The predicted octanol–water partition coefficient (Wildman–Crippen LogP) is 3.82. The first-order valence-electron chi connectivity index (χ1n) is 5.11. The van der Waals surface area contributed by atoms with E-state index in [4.69, 9.17) is 27.9 Å². The van der Waals surface area contributed by atoms with Gasteiger partial charge in [0.15, 0.2) is 0 Å². The largest absolute Gasteiger partial charge is 0.381 e. The van der Waals surface area contributed by atoms with E-state index in [9.17, 15) is 0 Å². The minimum Gasteiger partial charge on any atom is -0.381 e. The molecule has 0 unspecified atom stereocenters. The van der Waals surface area contributed by atoms with Crippen molar-refractivity contribution in [2.75, 3.05) is 25.0 Å². The van der Waals surface area contributed by atoms with Gasteiger partial charge >= 0.3 is 0 Å². The lowest BCUT2D eigenvalue weighted by Crippen LogP contribution is -1.97. The molecule has 0 aromatic rings. The van der Waals surface area contributed by atoms with E-state index < -0.39 is 0 Å². The number of unbranched alkanes of at least 4 members (excludes halogenated alkanes) is 4. The van der Waals surface area contributed by atoms with Crippen LogP contribution in [0.25, 0.3) is 0 Å². The van der Waals surface area contributed by atoms with Crippen molar-refractivity contribution in [1.29, 1.82) is 0 Å². The minimum atomic E-state index is 0.774. The van der Waals surface area contributed by atoms with E-state index in [1.165, 1.54) is 12.8 Å². The minimum absolute atomic E-state index is 0.774. The van der Waals surface area contributed by atoms with Gasteiger partial charge in [0.1, 0.15) is 0 Å². The summed E-state index contributed by atoms with van der Waals surface area (Å²) in [6, 6.07) is 0. The van der Waals surface area contributed by atoms with Gasteiger partial charge in [0.25, 0.3) is 0 Å². The molecule has 0 heterocycles. The lowest BCUT2D eigenvalue weighted by Gasteiger charge is -2.02. The fourth-order valence-corrected chi connectivity index (χ4v) is 1.43. The van der Waals surface area contributed by atoms with Crippen LogP contribution in [0, 0.1) is 0 Å². The molecule has 1 nitrogen and oxygen atoms in total. The summed E-state index contributed by atoms with van der Waals surface area (Å²) < 4.78 is 5.44. The first kappa shape index (κ1) is 13.5. The lowest BCUT2D eigenvalue weighted by atomic mass is 10.2. The molecule has 80 valence electrons. The van der Waals surface area contributed by atoms with Gasteiger partial charge in [0.2, 0.25) is 0 Å². The molecular weight excluding hydrogens is 207 g/mol. The fourth-order valence-electron chi connectivity index (χ4n) is 1.05. The number of hydrogen-bond acceptors (Lipinski definition) is 1. The van der Waals surface area contributed by atoms with Crippen molar-refractivity contribution >= 4 is 23.2 Å². The van der Waals surface area contributed by atoms with Crippen LogP contribution >= 0.6 is 23.2 Å². The summed E-state index contributed by atoms with van der Waals surface area (Å²) in [5.41, 5.74) is 0. The monoisotopic (exact) mass is 226 g/mol. The summed E-state index contributed by atoms with van der Waals surface area (Å²) >= 11 is 11.1. The van der Waals surface area contributed by atoms with Crippen LogP contribution in [0.5, 0.6) is 0 Å². The zero-order valence-electron chi connectivity index (χ0n) is 8.24. The lowest BCUT2D eigenvalue weighted by molar-refractivity contribution is 0.126. The summed E-state index contributed by atoms with van der Waals surface area (Å²) in [5.74, 6) is 1.55. The molecule has 0 radical (unpaired) electrons. The van der Waals surface area contributed by atoms with Crippen molar-refractivity contribution in [3.05, 3.63) is 0 Å². The van der Waals surface area contributed by atoms with Gasteiger partial charge in [-0.3, -0.25) is 0 Å². The van der Waals surface area contributed by atoms with Crippen molar-refractivity contribution in [2.45, 2.75) is 38.5 Å². The Morgan fingerprint density at radius 2 is 1.08 bits per heavy atom. The summed E-state index contributed by atoms with van der Waals surface area (Å²) in [6.07, 6.45) is 6.87. The molecule has 13 heavy (non-hydrogen) atoms. The van der Waals surface area contributed by atoms with Gasteiger partial charge in [-0.25, -0.2) is 0 Å². The van der Waals surface area contributed by atoms with E-state index >= 15 is 0 Å². The van der Waals surface area contributed by atoms with Crippen LogP contribution in [0.1, 0.15) is 38.5 Å². The van der Waals surface area contributed by atoms with Crippen molar-refractivity contribution < 1.29 is 4.74 Å². The standard InChI is InChI=1S/C10H20Cl2O/c11-7-3-1-5-9-13-10-6-2-4-8-12/h1-10H2. The van der Waals surface area contributed by atoms with Crippen LogP contribution < -0.4 is 0 Å². The zero-order valence-corrected chi connectivity index (χ0v) is 9.75. The molecule has 0 bridgehead atoms. The van der Waals surface area contributed by atoms with Gasteiger partial charge in [-0.2, -0.15) is 0 Å². The van der Waals surface area contributed by atoms with Crippen molar-refractivity contribution in [3.63, 3.8) is 0 Å². The van der Waals surface area contributed by atoms with Gasteiger partial charge in [0, 0.05) is 25.0 Å². The molecular formula is C10H20Cl2O. The van der Waals surface area contributed by atoms with E-state index in [1.807, 2.05) is 0 Å². The van der Waals surface area contributed by atoms with E-state index in [0.717, 1.165) is 50.7 Å². The molecule has 0 saturated heterocycles. The molecule has 0 aromatic heterocycles. The molecule has 0 N–H and O–H groups in total. The van der Waals surface area contributed by atoms with Gasteiger partial charge in [-0.1, -0.05) is 0 Å². The van der Waals surface area contributed by atoms with Gasteiger partial charge in [0.05, 0.1) is 0 Å². The average molecular weight is 227 g/mol. The second-order valence-electron chi connectivity index (χ2n) is 3.11. The third-order valence-corrected chi connectivity index (χ3v) is 2.38. The third-order valence-electron chi connectivity index (χ3n) is 1.84. The van der Waals surface area contributed by atoms with Crippen LogP contribution in [0.4, 0.5) is 0 Å². The highest BCUT2D eigenvalue weighted by Crippen LogP contribution is 2.00. The second kappa shape index (κ2) is 12.5. The van der Waals surface area contributed by atoms with E-state index in [0.29, 0.717) is 0 Å². The molecule has 0 atom stereocenters. The molecule has 0 saturated carbocycles. The Morgan fingerprint density at radius 1 is 0.615 bits per heavy atom. The molecule has 0 spiro atoms. The first-order valence-corrected chi connectivity index (χ1v) is 6.18. The van der Waals surface area contributed by atoms with Crippen LogP contribution in [-0.4, -0.2) is 25.0 Å². The summed E-state index contributed by atoms with van der Waals surface area (Å²) in [6.45, 7) is 1.77. The third kappa shape index (κ3) is 12.5. The number of alkyl halides is 2. The SMILES string of the molecule is ClCCCCCOCCCCCCl. The van der Waals surface area contributed by atoms with Crippen LogP contribution in [-0.2, 0) is 4.74 Å². The van der Waals surface area contributed by atoms with Crippen LogP contribution in [0.3, 0.4) is 0 Å². The molecule has 0 aromatic carbocycles. The van der Waals surface area contributed by atoms with Gasteiger partial charge < -0.3 is 4.74 Å². The van der Waals surface area contributed by atoms with E-state index in [-0.39, 0.29) is 0 Å². The molecule has 0 aliphatic rings. The maximum Gasteiger partial charge on any atom is 0.0466 e. The first-order chi connectivity index (χ1) is 6.41. The highest BCUT2D eigenvalue weighted by atomic mass is 35.5. The van der Waals surface area contributed by atoms with Crippen molar-refractivity contribution in [1.82, 2.24) is 0 Å². The molecule has 0 fully saturated rings. The normalized spacial score (nSPS) is 10.6. The molecule has 0 amide bonds. The zero-order chi connectivity index (χ0) is 9.78. The number of halogens is 2. The van der Waals surface area contributed by atoms with Crippen molar-refractivity contribution in [2.24, 2.45) is 0 Å². The second-order valence-corrected chi connectivity index (χ2v) is 3.87. The Hall–Kier alpha value is 0.540. The summed E-state index contributed by atoms with van der Waals surface area (Å²) in [7, 11) is 0. The highest BCUT2D eigenvalue weighted by molar-refractivity contribution is 6.18. The Morgan fingerprint density at radius 3 is 1.46 bits per heavy atom. The fraction of sp³-hybridized carbons (Fsp3) is 1.00. The molecule has 0 aliphatic carbocycles. The number of rotatable bonds is 10. The predicted molar refractivity (Wildman–Crippen MR) is 60.0 cm³/mol. The topological polar surface area (TPSA) is 9.23 Å². The Bertz CT molecular complexity index is 79.0. The van der Waals surface area contributed by atoms with Crippen LogP contribution in [0.15, 0.2) is 0 Å². The average Bonchev–Trinajstić information content (AvgIpc) is 2.16. The molecule has 0 rings (SSSR count). The number of ether oxygens (including phenoxy) is 1. The van der Waals surface area contributed by atoms with Crippen molar-refractivity contribution in [3.8, 4) is 0 Å². The Balaban J connectivity index is 2.76. The van der Waals surface area contributed by atoms with E-state index in [2.05, 4.69) is 0 Å². The summed E-state index contributed by atoms with van der Waals surface area (Å²) in [4.78, 5) is 0. The Labute approximate surface area is 91.7 Å². The van der Waals surface area contributed by atoms with Crippen LogP contribution in [0.2, 0.25) is 0 Å². The smallest absolute Gasteiger partial charge is 0.0466 e.